The van der Waals surface area contributed by atoms with Crippen molar-refractivity contribution in [2.45, 2.75) is 56.4 Å². The van der Waals surface area contributed by atoms with Gasteiger partial charge in [-0.3, -0.25) is 24.8 Å². The predicted molar refractivity (Wildman–Crippen MR) is 213 cm³/mol. The Balaban J connectivity index is 0.000000355. The lowest BCUT2D eigenvalue weighted by molar-refractivity contribution is -0.385. The van der Waals surface area contributed by atoms with Gasteiger partial charge < -0.3 is 29.9 Å². The van der Waals surface area contributed by atoms with Crippen molar-refractivity contribution in [3.8, 4) is 23.3 Å². The summed E-state index contributed by atoms with van der Waals surface area (Å²) in [5.74, 6) is -1.07. The van der Waals surface area contributed by atoms with Crippen LogP contribution in [0.25, 0.3) is 0 Å². The average molecular weight is 962 g/mol. The number of halogens is 7. The molecule has 0 saturated heterocycles. The number of aliphatic carboxylic acids is 1. The second kappa shape index (κ2) is 23.0. The van der Waals surface area contributed by atoms with Gasteiger partial charge in [-0.1, -0.05) is 29.8 Å². The van der Waals surface area contributed by atoms with Gasteiger partial charge in [0.25, 0.3) is 10.0 Å². The molecule has 28 heteroatoms. The normalized spacial score (nSPS) is 12.8. The van der Waals surface area contributed by atoms with Gasteiger partial charge in [-0.05, 0) is 62.6 Å². The Morgan fingerprint density at radius 2 is 1.68 bits per heavy atom. The summed E-state index contributed by atoms with van der Waals surface area (Å²) in [4.78, 5) is 52.1. The maximum atomic E-state index is 12.6. The van der Waals surface area contributed by atoms with Crippen LogP contribution in [0.4, 0.5) is 42.8 Å². The monoisotopic (exact) mass is 961 g/mol. The standard InChI is InChI=1S/C15H11ClF3NO4.C15H16F3N5O4S.C5H12NO4P/c1-2-23-14-8-10(4-5-12(14)20(21)22)24-13-6-3-9(7-11(13)16)15(17,18)19;1-9-19-12(22-14(20-9)27-2)21-13(24)23-28(25,26)11-6-4-3-5-10(11)7-8-15(16,17)18;1-11(9,10)3-2-4(6)5(7)8/h3-8H,2H2,1H3;3-6H,7-8H2,1-2H3,(H2,19,20,21,22,23,24);4H,2-3,6H2,1H3,(H,7,8)(H,9,10). The van der Waals surface area contributed by atoms with Crippen molar-refractivity contribution >= 4 is 52.6 Å². The van der Waals surface area contributed by atoms with Crippen LogP contribution in [-0.4, -0.2) is 89.1 Å². The number of carbonyl (C=O) groups excluding carboxylic acids is 1. The topological polar surface area (TPSA) is 285 Å². The fourth-order valence-electron chi connectivity index (χ4n) is 4.53. The maximum absolute atomic E-state index is 12.6. The first kappa shape index (κ1) is 53.3. The molecule has 63 heavy (non-hydrogen) atoms. The van der Waals surface area contributed by atoms with Gasteiger partial charge in [0.1, 0.15) is 23.4 Å². The molecule has 2 atom stereocenters. The number of anilines is 1. The van der Waals surface area contributed by atoms with Crippen molar-refractivity contribution in [3.05, 3.63) is 92.8 Å². The number of nitro groups is 1. The molecule has 2 unspecified atom stereocenters. The first-order chi connectivity index (χ1) is 29.0. The fraction of sp³-hybridized carbons (Fsp3) is 0.343. The Morgan fingerprint density at radius 3 is 2.22 bits per heavy atom. The van der Waals surface area contributed by atoms with Crippen molar-refractivity contribution in [1.29, 1.82) is 0 Å². The second-order valence-electron chi connectivity index (χ2n) is 12.5. The number of nitrogens with one attached hydrogen (secondary N) is 2. The van der Waals surface area contributed by atoms with E-state index in [9.17, 15) is 59.0 Å². The van der Waals surface area contributed by atoms with Crippen LogP contribution in [0, 0.1) is 17.0 Å². The lowest BCUT2D eigenvalue weighted by Gasteiger charge is -2.13. The Bertz CT molecular complexity index is 2390. The smallest absolute Gasteiger partial charge is 0.416 e. The van der Waals surface area contributed by atoms with Crippen molar-refractivity contribution < 1.29 is 78.0 Å². The molecule has 0 aliphatic carbocycles. The molecular weight excluding hydrogens is 923 g/mol. The Kier molecular flexibility index (Phi) is 19.5. The number of ether oxygens (including phenoxy) is 3. The van der Waals surface area contributed by atoms with Gasteiger partial charge in [0.05, 0.1) is 34.1 Å². The molecular formula is C35H39ClF6N7O12PS. The van der Waals surface area contributed by atoms with Gasteiger partial charge in [-0.15, -0.1) is 0 Å². The van der Waals surface area contributed by atoms with E-state index in [1.54, 1.807) is 11.6 Å². The highest BCUT2D eigenvalue weighted by molar-refractivity contribution is 7.90. The summed E-state index contributed by atoms with van der Waals surface area (Å²) < 4.78 is 128. The molecule has 0 aliphatic rings. The van der Waals surface area contributed by atoms with Crippen LogP contribution < -0.4 is 30.0 Å². The Morgan fingerprint density at radius 1 is 1.03 bits per heavy atom. The number of urea groups is 1. The number of aromatic nitrogens is 3. The van der Waals surface area contributed by atoms with Crippen molar-refractivity contribution in [2.24, 2.45) is 5.73 Å². The molecule has 4 aromatic rings. The van der Waals surface area contributed by atoms with Gasteiger partial charge >= 0.3 is 36.1 Å². The predicted octanol–water partition coefficient (Wildman–Crippen LogP) is 7.34. The van der Waals surface area contributed by atoms with Gasteiger partial charge in [-0.2, -0.15) is 41.3 Å². The number of nitrogens with zero attached hydrogens (tertiary/aromatic N) is 4. The molecule has 19 nitrogen and oxygen atoms in total. The summed E-state index contributed by atoms with van der Waals surface area (Å²) in [6.07, 6.45) is -10.7. The number of carbonyl (C=O) groups is 2. The number of rotatable bonds is 15. The van der Waals surface area contributed by atoms with Gasteiger partial charge in [0.2, 0.25) is 11.7 Å². The van der Waals surface area contributed by atoms with Gasteiger partial charge in [0.15, 0.2) is 7.37 Å². The highest BCUT2D eigenvalue weighted by Gasteiger charge is 2.31. The Labute approximate surface area is 359 Å². The van der Waals surface area contributed by atoms with Crippen LogP contribution in [0.5, 0.6) is 23.3 Å². The fourth-order valence-corrected chi connectivity index (χ4v) is 6.68. The number of hydrogen-bond donors (Lipinski definition) is 5. The molecule has 6 N–H and O–H groups in total. The zero-order valence-electron chi connectivity index (χ0n) is 33.2. The van der Waals surface area contributed by atoms with E-state index in [1.165, 1.54) is 57.1 Å². The van der Waals surface area contributed by atoms with Crippen LogP contribution >= 0.6 is 19.0 Å². The first-order valence-electron chi connectivity index (χ1n) is 17.5. The molecule has 0 fully saturated rings. The maximum Gasteiger partial charge on any atom is 0.416 e. The van der Waals surface area contributed by atoms with Gasteiger partial charge in [-0.25, -0.2) is 17.9 Å². The molecule has 346 valence electrons. The first-order valence-corrected chi connectivity index (χ1v) is 21.7. The number of alkyl halides is 6. The summed E-state index contributed by atoms with van der Waals surface area (Å²) in [7, 11) is -6.25. The quantitative estimate of drug-likeness (QED) is 0.0337. The lowest BCUT2D eigenvalue weighted by Crippen LogP contribution is -2.35. The largest absolute Gasteiger partial charge is 0.487 e. The van der Waals surface area contributed by atoms with E-state index in [0.717, 1.165) is 24.3 Å². The van der Waals surface area contributed by atoms with E-state index in [2.05, 4.69) is 20.3 Å². The number of amides is 2. The minimum atomic E-state index is -4.52. The molecule has 3 aromatic carbocycles. The summed E-state index contributed by atoms with van der Waals surface area (Å²) in [5, 5.41) is 21.1. The molecule has 1 heterocycles. The average Bonchev–Trinajstić information content (AvgIpc) is 3.16. The van der Waals surface area contributed by atoms with Crippen LogP contribution in [-0.2, 0) is 32.0 Å². The number of methoxy groups -OCH3 is 1. The molecule has 4 rings (SSSR count). The minimum Gasteiger partial charge on any atom is -0.487 e. The summed E-state index contributed by atoms with van der Waals surface area (Å²) >= 11 is 5.80. The highest BCUT2D eigenvalue weighted by atomic mass is 35.5. The van der Waals surface area contributed by atoms with Crippen molar-refractivity contribution in [1.82, 2.24) is 19.7 Å². The summed E-state index contributed by atoms with van der Waals surface area (Å²) in [5.41, 5.74) is 3.87. The third kappa shape index (κ3) is 19.0. The van der Waals surface area contributed by atoms with Crippen LogP contribution in [0.1, 0.15) is 36.7 Å². The van der Waals surface area contributed by atoms with Gasteiger partial charge in [0, 0.05) is 31.4 Å². The number of carboxylic acid groups (broad SMARTS) is 1. The SMILES string of the molecule is CCOc1cc(Oc2ccc(C(F)(F)F)cc2Cl)ccc1[N+](=O)[O-].COc1nc(C)nc(NC(=O)NS(=O)(=O)c2ccccc2CCC(F)(F)F)n1.CP(=O)(O)CCC(N)C(=O)O. The lowest BCUT2D eigenvalue weighted by atomic mass is 10.1. The third-order valence-electron chi connectivity index (χ3n) is 7.39. The minimum absolute atomic E-state index is 0.0111. The highest BCUT2D eigenvalue weighted by Crippen LogP contribution is 2.39. The number of nitrogens with two attached hydrogens (primary N) is 1. The molecule has 0 radical (unpaired) electrons. The molecule has 0 spiro atoms. The summed E-state index contributed by atoms with van der Waals surface area (Å²) in [6.45, 7) is 4.54. The van der Waals surface area contributed by atoms with Crippen molar-refractivity contribution in [2.75, 3.05) is 31.9 Å². The molecule has 1 aromatic heterocycles. The van der Waals surface area contributed by atoms with Crippen LogP contribution in [0.2, 0.25) is 5.02 Å². The zero-order valence-corrected chi connectivity index (χ0v) is 35.7. The number of sulfonamides is 1. The van der Waals surface area contributed by atoms with E-state index < -0.39 is 76.0 Å². The van der Waals surface area contributed by atoms with E-state index in [1.807, 2.05) is 0 Å². The molecule has 0 aliphatic heterocycles. The number of nitro benzene ring substituents is 1. The number of benzene rings is 3. The number of aryl methyl sites for hydroxylation is 2. The summed E-state index contributed by atoms with van der Waals surface area (Å²) in [6, 6.07) is 9.18. The molecule has 0 saturated carbocycles. The number of hydrogen-bond acceptors (Lipinski definition) is 14. The van der Waals surface area contributed by atoms with Crippen LogP contribution in [0.15, 0.2) is 65.6 Å². The number of carboxylic acids is 1. The van der Waals surface area contributed by atoms with E-state index in [-0.39, 0.29) is 70.5 Å². The van der Waals surface area contributed by atoms with Crippen molar-refractivity contribution in [3.63, 3.8) is 0 Å². The van der Waals surface area contributed by atoms with E-state index in [0.29, 0.717) is 0 Å². The second-order valence-corrected chi connectivity index (χ2v) is 17.2. The zero-order chi connectivity index (χ0) is 47.9. The Hall–Kier alpha value is -5.82. The molecule has 2 amide bonds. The third-order valence-corrected chi connectivity index (χ3v) is 10.2. The van der Waals surface area contributed by atoms with E-state index >= 15 is 0 Å². The molecule has 0 bridgehead atoms. The van der Waals surface area contributed by atoms with Crippen LogP contribution in [0.3, 0.4) is 0 Å². The van der Waals surface area contributed by atoms with E-state index in [4.69, 9.17) is 41.5 Å².